The summed E-state index contributed by atoms with van der Waals surface area (Å²) in [7, 11) is 3.92. The van der Waals surface area contributed by atoms with Crippen LogP contribution in [0, 0.1) is 0 Å². The van der Waals surface area contributed by atoms with Crippen molar-refractivity contribution in [1.82, 2.24) is 4.90 Å². The number of carbonyl (C=O) groups is 1. The Morgan fingerprint density at radius 1 is 0.949 bits per heavy atom. The van der Waals surface area contributed by atoms with Crippen molar-refractivity contribution in [3.8, 4) is 11.1 Å². The lowest BCUT2D eigenvalue weighted by Gasteiger charge is -2.27. The number of morpholine rings is 1. The van der Waals surface area contributed by atoms with Crippen LogP contribution in [0.25, 0.3) is 42.3 Å². The second kappa shape index (κ2) is 9.19. The summed E-state index contributed by atoms with van der Waals surface area (Å²) in [6.07, 6.45) is 1.76. The third kappa shape index (κ3) is 4.02. The smallest absolute Gasteiger partial charge is 0.244 e. The topological polar surface area (TPSA) is 75.0 Å². The van der Waals surface area contributed by atoms with Crippen LogP contribution >= 0.6 is 11.3 Å². The second-order valence-corrected chi connectivity index (χ2v) is 11.7. The van der Waals surface area contributed by atoms with Crippen LogP contribution in [-0.4, -0.2) is 56.7 Å². The molecule has 1 amide bonds. The fourth-order valence-corrected chi connectivity index (χ4v) is 6.86. The van der Waals surface area contributed by atoms with Gasteiger partial charge in [0.1, 0.15) is 11.1 Å². The maximum absolute atomic E-state index is 13.1. The molecule has 198 valence electrons. The van der Waals surface area contributed by atoms with E-state index in [2.05, 4.69) is 34.5 Å². The Morgan fingerprint density at radius 2 is 1.69 bits per heavy atom. The predicted octanol–water partition coefficient (Wildman–Crippen LogP) is 5.70. The second-order valence-electron chi connectivity index (χ2n) is 10.6. The highest BCUT2D eigenvalue weighted by atomic mass is 32.1. The molecule has 8 heteroatoms. The highest BCUT2D eigenvalue weighted by molar-refractivity contribution is 7.26. The number of ether oxygens (including phenoxy) is 1. The minimum absolute atomic E-state index is 0.0466. The molecule has 0 bridgehead atoms. The zero-order chi connectivity index (χ0) is 26.7. The van der Waals surface area contributed by atoms with E-state index >= 15 is 0 Å². The van der Waals surface area contributed by atoms with Gasteiger partial charge in [-0.15, -0.1) is 11.3 Å². The number of amides is 1. The van der Waals surface area contributed by atoms with Gasteiger partial charge in [-0.3, -0.25) is 14.5 Å². The number of hydrogen-bond donors (Lipinski definition) is 1. The van der Waals surface area contributed by atoms with Crippen LogP contribution in [0.1, 0.15) is 12.8 Å². The molecule has 3 aromatic carbocycles. The van der Waals surface area contributed by atoms with Crippen molar-refractivity contribution >= 4 is 60.0 Å². The molecule has 2 fully saturated rings. The van der Waals surface area contributed by atoms with E-state index in [9.17, 15) is 9.59 Å². The van der Waals surface area contributed by atoms with Crippen LogP contribution < -0.4 is 15.6 Å². The molecule has 1 aliphatic carbocycles. The van der Waals surface area contributed by atoms with Gasteiger partial charge in [0.15, 0.2) is 11.3 Å². The first-order chi connectivity index (χ1) is 18.9. The fraction of sp³-hybridized carbons (Fsp3) is 0.290. The van der Waals surface area contributed by atoms with Crippen molar-refractivity contribution in [2.75, 3.05) is 50.6 Å². The number of para-hydroxylation sites is 1. The van der Waals surface area contributed by atoms with E-state index < -0.39 is 5.54 Å². The molecule has 7 nitrogen and oxygen atoms in total. The lowest BCUT2D eigenvalue weighted by Crippen LogP contribution is -2.42. The number of benzene rings is 3. The van der Waals surface area contributed by atoms with Gasteiger partial charge in [0.2, 0.25) is 5.91 Å². The highest BCUT2D eigenvalue weighted by Gasteiger charge is 2.51. The predicted molar refractivity (Wildman–Crippen MR) is 158 cm³/mol. The van der Waals surface area contributed by atoms with Crippen molar-refractivity contribution < 1.29 is 13.9 Å². The van der Waals surface area contributed by atoms with Crippen LogP contribution in [0.15, 0.2) is 69.9 Å². The first-order valence-electron chi connectivity index (χ1n) is 13.3. The molecule has 3 heterocycles. The summed E-state index contributed by atoms with van der Waals surface area (Å²) in [5, 5.41) is 5.93. The number of carbonyl (C=O) groups excluding carboxylic acids is 1. The third-order valence-electron chi connectivity index (χ3n) is 8.11. The quantitative estimate of drug-likeness (QED) is 0.309. The van der Waals surface area contributed by atoms with Crippen LogP contribution in [0.4, 0.5) is 11.6 Å². The van der Waals surface area contributed by atoms with Gasteiger partial charge in [-0.1, -0.05) is 30.3 Å². The summed E-state index contributed by atoms with van der Waals surface area (Å²) in [5.74, 6) is 0.632. The molecule has 1 saturated carbocycles. The summed E-state index contributed by atoms with van der Waals surface area (Å²) in [4.78, 5) is 30.2. The van der Waals surface area contributed by atoms with Crippen LogP contribution in [0.2, 0.25) is 0 Å². The summed E-state index contributed by atoms with van der Waals surface area (Å²) >= 11 is 1.71. The Balaban J connectivity index is 1.33. The van der Waals surface area contributed by atoms with Gasteiger partial charge in [0.25, 0.3) is 0 Å². The molecule has 0 atom stereocenters. The molecule has 2 aliphatic rings. The van der Waals surface area contributed by atoms with E-state index in [0.717, 1.165) is 49.8 Å². The summed E-state index contributed by atoms with van der Waals surface area (Å²) in [5.41, 5.74) is 2.88. The van der Waals surface area contributed by atoms with Gasteiger partial charge in [-0.2, -0.15) is 0 Å². The van der Waals surface area contributed by atoms with Gasteiger partial charge in [-0.25, -0.2) is 0 Å². The van der Waals surface area contributed by atoms with Gasteiger partial charge in [0, 0.05) is 56.1 Å². The first kappa shape index (κ1) is 24.3. The van der Waals surface area contributed by atoms with E-state index in [1.54, 1.807) is 17.4 Å². The Kier molecular flexibility index (Phi) is 5.73. The average Bonchev–Trinajstić information content (AvgIpc) is 3.70. The maximum Gasteiger partial charge on any atom is 0.244 e. The van der Waals surface area contributed by atoms with Crippen molar-refractivity contribution in [3.05, 3.63) is 70.9 Å². The highest BCUT2D eigenvalue weighted by Crippen LogP contribution is 2.44. The van der Waals surface area contributed by atoms with Gasteiger partial charge in [-0.05, 0) is 51.2 Å². The monoisotopic (exact) mass is 539 g/mol. The number of thiophene rings is 1. The lowest BCUT2D eigenvalue weighted by molar-refractivity contribution is -0.121. The number of nitrogens with zero attached hydrogens (tertiary/aromatic N) is 2. The van der Waals surface area contributed by atoms with E-state index in [4.69, 9.17) is 9.15 Å². The molecular formula is C31H29N3O4S. The van der Waals surface area contributed by atoms with Crippen molar-refractivity contribution in [1.29, 1.82) is 0 Å². The average molecular weight is 540 g/mol. The molecule has 1 N–H and O–H groups in total. The first-order valence-corrected chi connectivity index (χ1v) is 14.1. The normalized spacial score (nSPS) is 16.8. The number of nitrogens with one attached hydrogen (secondary N) is 1. The summed E-state index contributed by atoms with van der Waals surface area (Å²) in [6, 6.07) is 19.7. The van der Waals surface area contributed by atoms with Crippen LogP contribution in [0.5, 0.6) is 0 Å². The number of anilines is 2. The molecule has 5 aromatic rings. The molecule has 0 spiro atoms. The Morgan fingerprint density at radius 3 is 2.44 bits per heavy atom. The number of rotatable bonds is 5. The zero-order valence-electron chi connectivity index (χ0n) is 22.0. The van der Waals surface area contributed by atoms with Crippen molar-refractivity contribution in [2.45, 2.75) is 18.4 Å². The molecule has 1 aliphatic heterocycles. The minimum Gasteiger partial charge on any atom is -0.440 e. The van der Waals surface area contributed by atoms with E-state index in [-0.39, 0.29) is 11.3 Å². The molecule has 2 aromatic heterocycles. The van der Waals surface area contributed by atoms with Crippen molar-refractivity contribution in [2.24, 2.45) is 0 Å². The Bertz CT molecular complexity index is 1810. The minimum atomic E-state index is -0.392. The Labute approximate surface area is 229 Å². The third-order valence-corrected chi connectivity index (χ3v) is 9.33. The molecule has 1 saturated heterocycles. The van der Waals surface area contributed by atoms with E-state index in [0.29, 0.717) is 43.2 Å². The van der Waals surface area contributed by atoms with Crippen LogP contribution in [0.3, 0.4) is 0 Å². The number of hydrogen-bond acceptors (Lipinski definition) is 7. The molecule has 7 rings (SSSR count). The van der Waals surface area contributed by atoms with E-state index in [1.807, 2.05) is 49.3 Å². The largest absolute Gasteiger partial charge is 0.440 e. The molecule has 0 unspecified atom stereocenters. The van der Waals surface area contributed by atoms with Crippen LogP contribution in [-0.2, 0) is 9.53 Å². The lowest BCUT2D eigenvalue weighted by atomic mass is 10.0. The zero-order valence-corrected chi connectivity index (χ0v) is 22.8. The standard InChI is InChI=1S/C31H29N3O4S/c1-33(2)31(11-12-31)30(36)32-19-9-10-26-24(17-19)22-7-4-6-21(29(22)39-26)20-5-3-8-23-25(35)18-27(38-28(20)23)34-13-15-37-16-14-34/h3-10,17-18H,11-16H2,1-2H3,(H,32,36). The molecular weight excluding hydrogens is 510 g/mol. The Hall–Kier alpha value is -3.72. The SMILES string of the molecule is CN(C)C1(C(=O)Nc2ccc3sc4c(-c5cccc6c(=O)cc(N7CCOCC7)oc56)cccc4c3c2)CC1. The van der Waals surface area contributed by atoms with Gasteiger partial charge >= 0.3 is 0 Å². The van der Waals surface area contributed by atoms with Gasteiger partial charge < -0.3 is 19.4 Å². The maximum atomic E-state index is 13.1. The number of likely N-dealkylation sites (N-methyl/N-ethyl adjacent to an activating group) is 1. The molecule has 39 heavy (non-hydrogen) atoms. The van der Waals surface area contributed by atoms with E-state index in [1.165, 1.54) is 0 Å². The van der Waals surface area contributed by atoms with Crippen molar-refractivity contribution in [3.63, 3.8) is 0 Å². The van der Waals surface area contributed by atoms with Gasteiger partial charge in [0.05, 0.1) is 18.6 Å². The summed E-state index contributed by atoms with van der Waals surface area (Å²) < 4.78 is 14.2. The fourth-order valence-electron chi connectivity index (χ4n) is 5.65. The molecule has 0 radical (unpaired) electrons. The summed E-state index contributed by atoms with van der Waals surface area (Å²) in [6.45, 7) is 2.61. The number of fused-ring (bicyclic) bond motifs is 4.